The summed E-state index contributed by atoms with van der Waals surface area (Å²) in [6.45, 7) is 7.38. The van der Waals surface area contributed by atoms with E-state index in [0.29, 0.717) is 35.0 Å². The second-order valence-electron chi connectivity index (χ2n) is 6.60. The highest BCUT2D eigenvalue weighted by molar-refractivity contribution is 7.16. The first-order valence-electron chi connectivity index (χ1n) is 9.55. The fourth-order valence-electron chi connectivity index (χ4n) is 3.03. The lowest BCUT2D eigenvalue weighted by Crippen LogP contribution is -2.16. The van der Waals surface area contributed by atoms with Crippen LogP contribution in [0.1, 0.15) is 30.1 Å². The molecule has 150 valence electrons. The van der Waals surface area contributed by atoms with Crippen molar-refractivity contribution in [1.82, 2.24) is 4.57 Å². The largest absolute Gasteiger partial charge is 0.494 e. The lowest BCUT2D eigenvalue weighted by atomic mass is 10.2. The normalized spacial score (nSPS) is 13.1. The van der Waals surface area contributed by atoms with Gasteiger partial charge in [0.05, 0.1) is 16.8 Å². The Hall–Kier alpha value is -3.06. The van der Waals surface area contributed by atoms with Gasteiger partial charge in [0.2, 0.25) is 6.79 Å². The molecule has 0 saturated carbocycles. The number of ether oxygens (including phenoxy) is 3. The summed E-state index contributed by atoms with van der Waals surface area (Å²) in [4.78, 5) is 17.7. The molecule has 1 aliphatic heterocycles. The van der Waals surface area contributed by atoms with Crippen molar-refractivity contribution in [1.29, 1.82) is 0 Å². The van der Waals surface area contributed by atoms with Gasteiger partial charge in [-0.1, -0.05) is 30.8 Å². The van der Waals surface area contributed by atoms with Gasteiger partial charge in [-0.25, -0.2) is 0 Å². The quantitative estimate of drug-likeness (QED) is 0.424. The molecule has 29 heavy (non-hydrogen) atoms. The molecule has 3 aromatic rings. The lowest BCUT2D eigenvalue weighted by Gasteiger charge is -2.05. The zero-order valence-electron chi connectivity index (χ0n) is 16.2. The van der Waals surface area contributed by atoms with Crippen molar-refractivity contribution < 1.29 is 19.0 Å². The summed E-state index contributed by atoms with van der Waals surface area (Å²) >= 11 is 1.44. The smallest absolute Gasteiger partial charge is 0.279 e. The number of aromatic nitrogens is 1. The molecule has 0 bridgehead atoms. The van der Waals surface area contributed by atoms with Crippen LogP contribution in [0.4, 0.5) is 0 Å². The number of thiazole rings is 1. The minimum absolute atomic E-state index is 0.224. The molecule has 1 amide bonds. The molecule has 0 unspecified atom stereocenters. The molecule has 1 aromatic heterocycles. The number of rotatable bonds is 7. The molecule has 2 heterocycles. The summed E-state index contributed by atoms with van der Waals surface area (Å²) in [5, 5.41) is 0. The molecule has 2 aromatic carbocycles. The standard InChI is InChI=1S/C22H22N2O4S/c1-3-5-11-26-16-8-6-15(7-9-16)21(25)23-22-24(10-4-2)17-12-18-19(28-14-27-18)13-20(17)29-22/h4,6-9,12-13H,2-3,5,10-11,14H2,1H3. The third kappa shape index (κ3) is 4.05. The molecule has 0 atom stereocenters. The van der Waals surface area contributed by atoms with Gasteiger partial charge >= 0.3 is 0 Å². The molecule has 0 spiro atoms. The van der Waals surface area contributed by atoms with Gasteiger partial charge < -0.3 is 18.8 Å². The predicted octanol–water partition coefficient (Wildman–Crippen LogP) is 4.54. The Morgan fingerprint density at radius 1 is 1.28 bits per heavy atom. The summed E-state index contributed by atoms with van der Waals surface area (Å²) in [6, 6.07) is 10.9. The number of carbonyl (C=O) groups excluding carboxylic acids is 1. The van der Waals surface area contributed by atoms with E-state index >= 15 is 0 Å². The highest BCUT2D eigenvalue weighted by Crippen LogP contribution is 2.37. The van der Waals surface area contributed by atoms with Crippen LogP contribution >= 0.6 is 11.3 Å². The van der Waals surface area contributed by atoms with E-state index < -0.39 is 0 Å². The molecule has 0 N–H and O–H groups in total. The van der Waals surface area contributed by atoms with Crippen LogP contribution in [0.2, 0.25) is 0 Å². The summed E-state index contributed by atoms with van der Waals surface area (Å²) < 4.78 is 19.5. The van der Waals surface area contributed by atoms with Gasteiger partial charge in [0.15, 0.2) is 16.3 Å². The molecular formula is C22H22N2O4S. The Labute approximate surface area is 172 Å². The predicted molar refractivity (Wildman–Crippen MR) is 113 cm³/mol. The van der Waals surface area contributed by atoms with Crippen molar-refractivity contribution in [3.05, 3.63) is 59.4 Å². The van der Waals surface area contributed by atoms with Crippen LogP contribution in [0.15, 0.2) is 54.0 Å². The highest BCUT2D eigenvalue weighted by Gasteiger charge is 2.17. The Balaban J connectivity index is 1.65. The van der Waals surface area contributed by atoms with E-state index in [1.807, 2.05) is 16.7 Å². The molecule has 0 saturated heterocycles. The van der Waals surface area contributed by atoms with Gasteiger partial charge in [-0.15, -0.1) is 6.58 Å². The number of carbonyl (C=O) groups is 1. The Kier molecular flexibility index (Phi) is 5.67. The minimum atomic E-state index is -0.297. The van der Waals surface area contributed by atoms with E-state index in [2.05, 4.69) is 18.5 Å². The van der Waals surface area contributed by atoms with Crippen molar-refractivity contribution in [2.24, 2.45) is 4.99 Å². The molecule has 0 fully saturated rings. The zero-order chi connectivity index (χ0) is 20.2. The average Bonchev–Trinajstić information content (AvgIpc) is 3.31. The van der Waals surface area contributed by atoms with E-state index in [1.165, 1.54) is 11.3 Å². The fourth-order valence-corrected chi connectivity index (χ4v) is 4.08. The second-order valence-corrected chi connectivity index (χ2v) is 7.61. The lowest BCUT2D eigenvalue weighted by molar-refractivity contribution is 0.0998. The average molecular weight is 410 g/mol. The molecule has 1 aliphatic rings. The number of fused-ring (bicyclic) bond motifs is 2. The van der Waals surface area contributed by atoms with Gasteiger partial charge in [0.1, 0.15) is 5.75 Å². The Bertz CT molecular complexity index is 1110. The third-order valence-corrected chi connectivity index (χ3v) is 5.60. The summed E-state index contributed by atoms with van der Waals surface area (Å²) in [5.74, 6) is 1.87. The van der Waals surface area contributed by atoms with Gasteiger partial charge in [-0.2, -0.15) is 4.99 Å². The molecule has 6 nitrogen and oxygen atoms in total. The van der Waals surface area contributed by atoms with E-state index in [9.17, 15) is 4.79 Å². The Morgan fingerprint density at radius 3 is 2.76 bits per heavy atom. The number of allylic oxidation sites excluding steroid dienone is 1. The van der Waals surface area contributed by atoms with Crippen molar-refractivity contribution in [2.75, 3.05) is 13.4 Å². The maximum atomic E-state index is 12.7. The zero-order valence-corrected chi connectivity index (χ0v) is 17.0. The fraction of sp³-hybridized carbons (Fsp3) is 0.273. The topological polar surface area (TPSA) is 62.1 Å². The van der Waals surface area contributed by atoms with Gasteiger partial charge in [-0.05, 0) is 30.7 Å². The molecule has 7 heteroatoms. The van der Waals surface area contributed by atoms with Crippen LogP contribution in [0.25, 0.3) is 10.2 Å². The molecule has 4 rings (SSSR count). The van der Waals surface area contributed by atoms with Crippen molar-refractivity contribution in [3.63, 3.8) is 0 Å². The number of hydrogen-bond acceptors (Lipinski definition) is 5. The molecular weight excluding hydrogens is 388 g/mol. The maximum Gasteiger partial charge on any atom is 0.279 e. The van der Waals surface area contributed by atoms with Crippen LogP contribution in [-0.2, 0) is 6.54 Å². The Morgan fingerprint density at radius 2 is 2.03 bits per heavy atom. The molecule has 0 radical (unpaired) electrons. The first-order chi connectivity index (χ1) is 14.2. The maximum absolute atomic E-state index is 12.7. The summed E-state index contributed by atoms with van der Waals surface area (Å²) in [6.07, 6.45) is 3.87. The van der Waals surface area contributed by atoms with Crippen LogP contribution in [0.5, 0.6) is 17.2 Å². The van der Waals surface area contributed by atoms with E-state index in [1.54, 1.807) is 30.3 Å². The first kappa shape index (κ1) is 19.3. The van der Waals surface area contributed by atoms with Crippen molar-refractivity contribution in [3.8, 4) is 17.2 Å². The minimum Gasteiger partial charge on any atom is -0.494 e. The van der Waals surface area contributed by atoms with E-state index in [4.69, 9.17) is 14.2 Å². The van der Waals surface area contributed by atoms with Gasteiger partial charge in [0, 0.05) is 24.2 Å². The summed E-state index contributed by atoms with van der Waals surface area (Å²) in [5.41, 5.74) is 1.45. The van der Waals surface area contributed by atoms with Crippen molar-refractivity contribution >= 4 is 27.5 Å². The number of amides is 1. The summed E-state index contributed by atoms with van der Waals surface area (Å²) in [7, 11) is 0. The number of benzene rings is 2. The number of hydrogen-bond donors (Lipinski definition) is 0. The van der Waals surface area contributed by atoms with Gasteiger partial charge in [0.25, 0.3) is 5.91 Å². The van der Waals surface area contributed by atoms with Crippen LogP contribution < -0.4 is 19.0 Å². The number of nitrogens with zero attached hydrogens (tertiary/aromatic N) is 2. The van der Waals surface area contributed by atoms with Crippen LogP contribution in [0.3, 0.4) is 0 Å². The highest BCUT2D eigenvalue weighted by atomic mass is 32.1. The second kappa shape index (κ2) is 8.53. The van der Waals surface area contributed by atoms with Crippen LogP contribution in [-0.4, -0.2) is 23.9 Å². The monoisotopic (exact) mass is 410 g/mol. The van der Waals surface area contributed by atoms with Gasteiger partial charge in [-0.3, -0.25) is 4.79 Å². The third-order valence-electron chi connectivity index (χ3n) is 4.55. The van der Waals surface area contributed by atoms with Crippen LogP contribution in [0, 0.1) is 0 Å². The van der Waals surface area contributed by atoms with Crippen molar-refractivity contribution in [2.45, 2.75) is 26.3 Å². The van der Waals surface area contributed by atoms with E-state index in [-0.39, 0.29) is 12.7 Å². The number of unbranched alkanes of at least 4 members (excludes halogenated alkanes) is 1. The first-order valence-corrected chi connectivity index (χ1v) is 10.4. The van der Waals surface area contributed by atoms with E-state index in [0.717, 1.165) is 28.8 Å². The SMILES string of the molecule is C=CCn1c(=NC(=O)c2ccc(OCCCC)cc2)sc2cc3c(cc21)OCO3. The molecule has 0 aliphatic carbocycles.